The van der Waals surface area contributed by atoms with Crippen molar-refractivity contribution in [2.75, 3.05) is 12.1 Å². The van der Waals surface area contributed by atoms with Gasteiger partial charge in [0, 0.05) is 31.4 Å². The van der Waals surface area contributed by atoms with Crippen LogP contribution in [0.15, 0.2) is 29.8 Å². The van der Waals surface area contributed by atoms with Crippen molar-refractivity contribution in [2.45, 2.75) is 129 Å². The van der Waals surface area contributed by atoms with Crippen molar-refractivity contribution >= 4 is 47.8 Å². The summed E-state index contributed by atoms with van der Waals surface area (Å²) in [7, 11) is 1.48. The Balaban J connectivity index is 2.02. The second-order valence-electron chi connectivity index (χ2n) is 17.6. The van der Waals surface area contributed by atoms with Crippen LogP contribution >= 0.6 is 11.6 Å². The number of anilines is 1. The largest absolute Gasteiger partial charge is 0.517 e. The van der Waals surface area contributed by atoms with Crippen molar-refractivity contribution in [2.24, 2.45) is 29.6 Å². The highest BCUT2D eigenvalue weighted by molar-refractivity contribution is 6.33. The third-order valence-corrected chi connectivity index (χ3v) is 12.7. The van der Waals surface area contributed by atoms with E-state index in [1.165, 1.54) is 32.9 Å². The highest BCUT2D eigenvalue weighted by Crippen LogP contribution is 2.69. The molecule has 11 atom stereocenters. The number of benzene rings is 1. The Labute approximate surface area is 320 Å². The second-order valence-corrected chi connectivity index (χ2v) is 18.0. The summed E-state index contributed by atoms with van der Waals surface area (Å²) in [5, 5.41) is 39.0. The van der Waals surface area contributed by atoms with Crippen molar-refractivity contribution in [1.29, 1.82) is 0 Å². The van der Waals surface area contributed by atoms with E-state index in [1.807, 2.05) is 0 Å². The lowest BCUT2D eigenvalue weighted by Crippen LogP contribution is -2.84. The van der Waals surface area contributed by atoms with Crippen LogP contribution in [-0.4, -0.2) is 91.9 Å². The average molecular weight is 778 g/mol. The molecule has 2 unspecified atom stereocenters. The van der Waals surface area contributed by atoms with Crippen LogP contribution in [0.3, 0.4) is 0 Å². The first kappa shape index (κ1) is 41.4. The van der Waals surface area contributed by atoms with Crippen molar-refractivity contribution in [3.05, 3.63) is 40.4 Å². The molecule has 2 aliphatic carbocycles. The second kappa shape index (κ2) is 13.5. The van der Waals surface area contributed by atoms with Crippen LogP contribution < -0.4 is 5.06 Å². The van der Waals surface area contributed by atoms with Gasteiger partial charge in [-0.25, -0.2) is 19.5 Å². The molecular formula is C39H54ClN2O12+. The SMILES string of the molecule is CC(=O)O[C@H]1C(C)=C[C@@H]2[C@H](C(C)C=O)CC[C@@H](C)[C@]2(O)[C@H]1[C@]1(C(=O)O)C[C@@]2(OC(=O)OC(C)(C)C)c3cccc(Cl)c3N(C)O[C@H]2[N+]1(C(=O)O)C(C)(C)C. The quantitative estimate of drug-likeness (QED) is 0.124. The van der Waals surface area contributed by atoms with E-state index < -0.39 is 105 Å². The number of likely N-dealkylation sites (tertiary alicyclic amines) is 1. The molecule has 2 aliphatic heterocycles. The number of amides is 1. The highest BCUT2D eigenvalue weighted by Gasteiger charge is 2.90. The number of rotatable bonds is 6. The third kappa shape index (κ3) is 5.73. The topological polar surface area (TPSA) is 186 Å². The van der Waals surface area contributed by atoms with E-state index in [2.05, 4.69) is 0 Å². The molecule has 2 heterocycles. The van der Waals surface area contributed by atoms with Crippen molar-refractivity contribution in [3.63, 3.8) is 0 Å². The molecule has 5 rings (SSSR count). The summed E-state index contributed by atoms with van der Waals surface area (Å²) in [6, 6.07) is 4.69. The molecule has 1 aromatic carbocycles. The molecule has 1 saturated heterocycles. The van der Waals surface area contributed by atoms with Gasteiger partial charge >= 0.3 is 24.2 Å². The molecule has 0 aromatic heterocycles. The van der Waals surface area contributed by atoms with Gasteiger partial charge in [-0.2, -0.15) is 9.28 Å². The van der Waals surface area contributed by atoms with Crippen molar-refractivity contribution in [1.82, 2.24) is 0 Å². The van der Waals surface area contributed by atoms with Gasteiger partial charge in [0.2, 0.25) is 11.1 Å². The number of halogens is 1. The number of hydrogen-bond donors (Lipinski definition) is 3. The smallest absolute Gasteiger partial charge is 0.477 e. The van der Waals surface area contributed by atoms with E-state index in [4.69, 9.17) is 30.6 Å². The van der Waals surface area contributed by atoms with Gasteiger partial charge in [0.25, 0.3) is 6.23 Å². The maximum atomic E-state index is 14.9. The molecule has 298 valence electrons. The number of quaternary nitrogens is 1. The fourth-order valence-corrected chi connectivity index (χ4v) is 10.8. The molecule has 2 fully saturated rings. The maximum Gasteiger partial charge on any atom is 0.517 e. The fraction of sp³-hybridized carbons (Fsp3) is 0.667. The minimum atomic E-state index is -2.72. The molecule has 1 amide bonds. The maximum absolute atomic E-state index is 14.9. The number of hydroxylamine groups is 1. The lowest BCUT2D eigenvalue weighted by Gasteiger charge is -2.62. The number of ether oxygens (including phenoxy) is 3. The van der Waals surface area contributed by atoms with E-state index in [1.54, 1.807) is 65.8 Å². The minimum absolute atomic E-state index is 0.136. The first-order valence-electron chi connectivity index (χ1n) is 18.3. The zero-order chi connectivity index (χ0) is 40.7. The van der Waals surface area contributed by atoms with E-state index in [0.29, 0.717) is 18.4 Å². The molecular weight excluding hydrogens is 724 g/mol. The summed E-state index contributed by atoms with van der Waals surface area (Å²) in [4.78, 5) is 75.5. The van der Waals surface area contributed by atoms with E-state index >= 15 is 0 Å². The number of hydrogen-bond acceptors (Lipinski definition) is 11. The van der Waals surface area contributed by atoms with Gasteiger partial charge in [0.1, 0.15) is 23.5 Å². The van der Waals surface area contributed by atoms with Gasteiger partial charge in [0.15, 0.2) is 0 Å². The van der Waals surface area contributed by atoms with Gasteiger partial charge in [0.05, 0.1) is 28.6 Å². The van der Waals surface area contributed by atoms with E-state index in [9.17, 15) is 39.3 Å². The number of carboxylic acid groups (broad SMARTS) is 2. The average Bonchev–Trinajstić information content (AvgIpc) is 3.30. The van der Waals surface area contributed by atoms with Crippen LogP contribution in [-0.2, 0) is 39.0 Å². The number of aliphatic hydroxyl groups is 1. The monoisotopic (exact) mass is 777 g/mol. The van der Waals surface area contributed by atoms with E-state index in [-0.39, 0.29) is 16.3 Å². The fourth-order valence-electron chi connectivity index (χ4n) is 10.5. The summed E-state index contributed by atoms with van der Waals surface area (Å²) in [5.41, 5.74) is -9.08. The lowest BCUT2D eigenvalue weighted by molar-refractivity contribution is -0.979. The van der Waals surface area contributed by atoms with Crippen LogP contribution in [0.5, 0.6) is 0 Å². The number of carbonyl (C=O) groups is 5. The normalized spacial score (nSPS) is 36.8. The van der Waals surface area contributed by atoms with Crippen LogP contribution in [0.4, 0.5) is 15.3 Å². The molecule has 0 radical (unpaired) electrons. The number of carboxylic acids is 1. The molecule has 54 heavy (non-hydrogen) atoms. The minimum Gasteiger partial charge on any atom is -0.477 e. The lowest BCUT2D eigenvalue weighted by atomic mass is 9.48. The van der Waals surface area contributed by atoms with Crippen LogP contribution in [0.2, 0.25) is 5.02 Å². The molecule has 15 heteroatoms. The highest BCUT2D eigenvalue weighted by atomic mass is 35.5. The molecule has 1 saturated carbocycles. The number of fused-ring (bicyclic) bond motifs is 4. The molecule has 0 bridgehead atoms. The first-order chi connectivity index (χ1) is 24.8. The summed E-state index contributed by atoms with van der Waals surface area (Å²) < 4.78 is 16.5. The molecule has 3 N–H and O–H groups in total. The Bertz CT molecular complexity index is 1770. The van der Waals surface area contributed by atoms with Gasteiger partial charge in [-0.1, -0.05) is 43.7 Å². The third-order valence-electron chi connectivity index (χ3n) is 12.4. The van der Waals surface area contributed by atoms with Crippen LogP contribution in [0.1, 0.15) is 94.1 Å². The standard InChI is InChI=1S/C39H53ClN2O12/c1-20-17-26-24(21(2)18-43)16-15-22(3)39(26,50)30(29(20)51-23(4)44)37(32(45)46)19-38(53-34(49)52-36(8,9)10)25-13-12-14-27(40)28(25)41(11)54-31(38)42(37,33(47)48)35(5,6)7/h12-14,17-18,21-22,24,26,29-31,50H,15-16,19H2,1-11H3,(H-,45,46,47,48)/p+1/t21?,22-,24+,26-,29+,30-,31-,37+,38-,39-,42?/m1/s1. The Kier molecular flexibility index (Phi) is 10.4. The predicted molar refractivity (Wildman–Crippen MR) is 195 cm³/mol. The summed E-state index contributed by atoms with van der Waals surface area (Å²) in [6.07, 6.45) is -3.67. The van der Waals surface area contributed by atoms with Crippen molar-refractivity contribution < 1.29 is 62.8 Å². The number of aliphatic carboxylic acids is 1. The van der Waals surface area contributed by atoms with Gasteiger partial charge < -0.3 is 34.3 Å². The molecule has 0 spiro atoms. The zero-order valence-electron chi connectivity index (χ0n) is 32.8. The van der Waals surface area contributed by atoms with Crippen LogP contribution in [0, 0.1) is 29.6 Å². The number of aldehydes is 1. The predicted octanol–water partition coefficient (Wildman–Crippen LogP) is 6.45. The summed E-state index contributed by atoms with van der Waals surface area (Å²) in [6.45, 7) is 15.7. The summed E-state index contributed by atoms with van der Waals surface area (Å²) >= 11 is 6.77. The number of esters is 1. The van der Waals surface area contributed by atoms with E-state index in [0.717, 1.165) is 13.2 Å². The Morgan fingerprint density at radius 2 is 1.74 bits per heavy atom. The first-order valence-corrected chi connectivity index (χ1v) is 18.7. The Morgan fingerprint density at radius 1 is 1.11 bits per heavy atom. The molecule has 4 aliphatic rings. The molecule has 1 aromatic rings. The van der Waals surface area contributed by atoms with Gasteiger partial charge in [-0.3, -0.25) is 4.79 Å². The number of nitrogens with zero attached hydrogens (tertiary/aromatic N) is 2. The number of carbonyl (C=O) groups excluding carboxylic acids is 3. The van der Waals surface area contributed by atoms with Gasteiger partial charge in [-0.15, -0.1) is 0 Å². The van der Waals surface area contributed by atoms with Gasteiger partial charge in [-0.05, 0) is 84.8 Å². The Morgan fingerprint density at radius 3 is 2.26 bits per heavy atom. The number of para-hydroxylation sites is 1. The van der Waals surface area contributed by atoms with Crippen LogP contribution in [0.25, 0.3) is 0 Å². The van der Waals surface area contributed by atoms with Crippen molar-refractivity contribution in [3.8, 4) is 0 Å². The zero-order valence-corrected chi connectivity index (χ0v) is 33.6. The Hall–Kier alpha value is -3.72. The molecule has 14 nitrogen and oxygen atoms in total. The summed E-state index contributed by atoms with van der Waals surface area (Å²) in [5.74, 6) is -6.83.